The molecular weight excluding hydrogens is 312 g/mol. The van der Waals surface area contributed by atoms with Crippen molar-refractivity contribution in [1.29, 1.82) is 0 Å². The third-order valence-corrected chi connectivity index (χ3v) is 5.34. The van der Waals surface area contributed by atoms with Gasteiger partial charge < -0.3 is 4.90 Å². The molecule has 0 fully saturated rings. The van der Waals surface area contributed by atoms with Gasteiger partial charge in [0.1, 0.15) is 6.33 Å². The van der Waals surface area contributed by atoms with Gasteiger partial charge in [0.05, 0.1) is 16.8 Å². The molecule has 1 aliphatic carbocycles. The van der Waals surface area contributed by atoms with Gasteiger partial charge in [0.15, 0.2) is 0 Å². The number of hydrogen-bond acceptors (Lipinski definition) is 4. The maximum atomic E-state index is 13.2. The van der Waals surface area contributed by atoms with Gasteiger partial charge in [0, 0.05) is 43.0 Å². The average Bonchev–Trinajstić information content (AvgIpc) is 2.68. The zero-order chi connectivity index (χ0) is 17.3. The number of amides is 1. The summed E-state index contributed by atoms with van der Waals surface area (Å²) in [4.78, 5) is 28.3. The lowest BCUT2D eigenvalue weighted by Gasteiger charge is -2.37. The minimum absolute atomic E-state index is 0.253. The normalized spacial score (nSPS) is 22.5. The van der Waals surface area contributed by atoms with Crippen LogP contribution in [0.2, 0.25) is 0 Å². The van der Waals surface area contributed by atoms with Gasteiger partial charge in [-0.15, -0.1) is 0 Å². The van der Waals surface area contributed by atoms with Crippen LogP contribution in [-0.2, 0) is 17.8 Å². The topological polar surface area (TPSA) is 59.0 Å². The first kappa shape index (κ1) is 15.9. The Kier molecular flexibility index (Phi) is 4.07. The molecule has 128 valence electrons. The van der Waals surface area contributed by atoms with E-state index in [-0.39, 0.29) is 11.3 Å². The molecule has 4 rings (SSSR count). The predicted molar refractivity (Wildman–Crippen MR) is 95.5 cm³/mol. The SMILES string of the molecule is CC1(C(=O)N2CCc3ncnc(-c4cccnc4)c3C2)CC=CCC1. The number of aromatic nitrogens is 3. The van der Waals surface area contributed by atoms with Crippen LogP contribution in [0, 0.1) is 5.41 Å². The Morgan fingerprint density at radius 2 is 2.20 bits per heavy atom. The Labute approximate surface area is 147 Å². The van der Waals surface area contributed by atoms with Crippen LogP contribution in [0.3, 0.4) is 0 Å². The first-order valence-corrected chi connectivity index (χ1v) is 8.85. The molecule has 25 heavy (non-hydrogen) atoms. The molecule has 2 aliphatic rings. The molecule has 0 aromatic carbocycles. The van der Waals surface area contributed by atoms with Crippen molar-refractivity contribution in [2.75, 3.05) is 6.54 Å². The Hall–Kier alpha value is -2.56. The summed E-state index contributed by atoms with van der Waals surface area (Å²) in [7, 11) is 0. The quantitative estimate of drug-likeness (QED) is 0.792. The molecule has 1 atom stereocenters. The van der Waals surface area contributed by atoms with E-state index >= 15 is 0 Å². The van der Waals surface area contributed by atoms with E-state index in [2.05, 4.69) is 34.0 Å². The van der Waals surface area contributed by atoms with Crippen molar-refractivity contribution in [3.8, 4) is 11.3 Å². The molecule has 1 aliphatic heterocycles. The van der Waals surface area contributed by atoms with Gasteiger partial charge in [-0.05, 0) is 31.4 Å². The van der Waals surface area contributed by atoms with E-state index < -0.39 is 0 Å². The summed E-state index contributed by atoms with van der Waals surface area (Å²) in [6, 6.07) is 3.91. The molecule has 0 saturated heterocycles. The molecule has 0 spiro atoms. The molecule has 5 heteroatoms. The maximum Gasteiger partial charge on any atom is 0.229 e. The molecule has 0 N–H and O–H groups in total. The summed E-state index contributed by atoms with van der Waals surface area (Å²) >= 11 is 0. The Bertz CT molecular complexity index is 818. The van der Waals surface area contributed by atoms with Crippen molar-refractivity contribution < 1.29 is 4.79 Å². The van der Waals surface area contributed by atoms with E-state index in [1.165, 1.54) is 0 Å². The molecule has 2 aromatic rings. The van der Waals surface area contributed by atoms with E-state index in [9.17, 15) is 4.79 Å². The number of fused-ring (bicyclic) bond motifs is 1. The maximum absolute atomic E-state index is 13.2. The molecule has 3 heterocycles. The summed E-state index contributed by atoms with van der Waals surface area (Å²) in [5, 5.41) is 0. The number of rotatable bonds is 2. The standard InChI is InChI=1S/C20H22N4O/c1-20(8-3-2-4-9-20)19(25)24-11-7-17-16(13-24)18(23-14-22-17)15-6-5-10-21-12-15/h2-3,5-6,10,12,14H,4,7-9,11,13H2,1H3. The van der Waals surface area contributed by atoms with Crippen LogP contribution < -0.4 is 0 Å². The molecule has 5 nitrogen and oxygen atoms in total. The lowest BCUT2D eigenvalue weighted by Crippen LogP contribution is -2.45. The van der Waals surface area contributed by atoms with Crippen molar-refractivity contribution in [3.05, 3.63) is 54.3 Å². The second-order valence-electron chi connectivity index (χ2n) is 7.14. The molecule has 0 bridgehead atoms. The van der Waals surface area contributed by atoms with E-state index in [0.29, 0.717) is 6.54 Å². The van der Waals surface area contributed by atoms with Gasteiger partial charge in [0.25, 0.3) is 0 Å². The minimum Gasteiger partial charge on any atom is -0.337 e. The van der Waals surface area contributed by atoms with Crippen molar-refractivity contribution in [2.45, 2.75) is 39.2 Å². The largest absolute Gasteiger partial charge is 0.337 e. The zero-order valence-corrected chi connectivity index (χ0v) is 14.5. The van der Waals surface area contributed by atoms with Gasteiger partial charge in [-0.25, -0.2) is 9.97 Å². The highest BCUT2D eigenvalue weighted by atomic mass is 16.2. The van der Waals surface area contributed by atoms with E-state index in [0.717, 1.165) is 54.7 Å². The van der Waals surface area contributed by atoms with Crippen molar-refractivity contribution in [2.24, 2.45) is 5.41 Å². The van der Waals surface area contributed by atoms with E-state index in [1.54, 1.807) is 12.5 Å². The number of nitrogens with zero attached hydrogens (tertiary/aromatic N) is 4. The molecule has 2 aromatic heterocycles. The van der Waals surface area contributed by atoms with Gasteiger partial charge in [-0.1, -0.05) is 19.1 Å². The second-order valence-corrected chi connectivity index (χ2v) is 7.14. The first-order valence-electron chi connectivity index (χ1n) is 8.85. The van der Waals surface area contributed by atoms with Crippen molar-refractivity contribution in [3.63, 3.8) is 0 Å². The smallest absolute Gasteiger partial charge is 0.229 e. The van der Waals surface area contributed by atoms with Crippen molar-refractivity contribution >= 4 is 5.91 Å². The van der Waals surface area contributed by atoms with Gasteiger partial charge in [-0.3, -0.25) is 9.78 Å². The summed E-state index contributed by atoms with van der Waals surface area (Å²) in [5.41, 5.74) is 3.69. The summed E-state index contributed by atoms with van der Waals surface area (Å²) in [6.45, 7) is 3.41. The van der Waals surface area contributed by atoms with Crippen LogP contribution in [0.4, 0.5) is 0 Å². The summed E-state index contributed by atoms with van der Waals surface area (Å²) in [6.07, 6.45) is 13.0. The van der Waals surface area contributed by atoms with E-state index in [4.69, 9.17) is 0 Å². The molecule has 0 saturated carbocycles. The zero-order valence-electron chi connectivity index (χ0n) is 14.5. The third kappa shape index (κ3) is 2.95. The predicted octanol–water partition coefficient (Wildman–Crippen LogP) is 3.17. The number of hydrogen-bond donors (Lipinski definition) is 0. The molecule has 1 amide bonds. The highest BCUT2D eigenvalue weighted by Gasteiger charge is 2.38. The number of pyridine rings is 1. The fourth-order valence-corrected chi connectivity index (χ4v) is 3.81. The molecular formula is C20H22N4O. The lowest BCUT2D eigenvalue weighted by molar-refractivity contribution is -0.142. The minimum atomic E-state index is -0.281. The Morgan fingerprint density at radius 1 is 1.28 bits per heavy atom. The fourth-order valence-electron chi connectivity index (χ4n) is 3.81. The Balaban J connectivity index is 1.65. The van der Waals surface area contributed by atoms with Crippen LogP contribution in [0.1, 0.15) is 37.4 Å². The fraction of sp³-hybridized carbons (Fsp3) is 0.400. The first-order chi connectivity index (χ1) is 12.2. The monoisotopic (exact) mass is 334 g/mol. The van der Waals surface area contributed by atoms with Crippen molar-refractivity contribution in [1.82, 2.24) is 19.9 Å². The molecule has 0 radical (unpaired) electrons. The van der Waals surface area contributed by atoms with Gasteiger partial charge in [-0.2, -0.15) is 0 Å². The third-order valence-electron chi connectivity index (χ3n) is 5.34. The highest BCUT2D eigenvalue weighted by Crippen LogP contribution is 2.36. The summed E-state index contributed by atoms with van der Waals surface area (Å²) < 4.78 is 0. The highest BCUT2D eigenvalue weighted by molar-refractivity contribution is 5.83. The van der Waals surface area contributed by atoms with Crippen LogP contribution in [-0.4, -0.2) is 32.3 Å². The molecule has 1 unspecified atom stereocenters. The van der Waals surface area contributed by atoms with Gasteiger partial charge >= 0.3 is 0 Å². The van der Waals surface area contributed by atoms with Gasteiger partial charge in [0.2, 0.25) is 5.91 Å². The van der Waals surface area contributed by atoms with E-state index in [1.807, 2.05) is 23.2 Å². The lowest BCUT2D eigenvalue weighted by atomic mass is 9.77. The average molecular weight is 334 g/mol. The van der Waals surface area contributed by atoms with Crippen LogP contribution in [0.25, 0.3) is 11.3 Å². The van der Waals surface area contributed by atoms with Crippen LogP contribution in [0.15, 0.2) is 43.0 Å². The van der Waals surface area contributed by atoms with Crippen LogP contribution >= 0.6 is 0 Å². The number of carbonyl (C=O) groups excluding carboxylic acids is 1. The van der Waals surface area contributed by atoms with Crippen LogP contribution in [0.5, 0.6) is 0 Å². The number of allylic oxidation sites excluding steroid dienone is 2. The summed E-state index contributed by atoms with van der Waals surface area (Å²) in [5.74, 6) is 0.253. The second kappa shape index (κ2) is 6.39. The number of carbonyl (C=O) groups is 1. The Morgan fingerprint density at radius 3 is 2.96 bits per heavy atom.